The summed E-state index contributed by atoms with van der Waals surface area (Å²) < 4.78 is 4.99. The van der Waals surface area contributed by atoms with Crippen LogP contribution in [0.1, 0.15) is 19.3 Å². The highest BCUT2D eigenvalue weighted by molar-refractivity contribution is 5.89. The van der Waals surface area contributed by atoms with Gasteiger partial charge in [-0.1, -0.05) is 0 Å². The number of anilines is 1. The molecule has 0 saturated heterocycles. The summed E-state index contributed by atoms with van der Waals surface area (Å²) in [7, 11) is 0. The quantitative estimate of drug-likeness (QED) is 0.505. The minimum Gasteiger partial charge on any atom is -0.482 e. The number of benzene rings is 1. The molecule has 0 aromatic heterocycles. The van der Waals surface area contributed by atoms with E-state index >= 15 is 0 Å². The molecular formula is C15H18N2O4. The molecule has 1 aromatic carbocycles. The Bertz CT molecular complexity index is 505. The molecule has 0 bridgehead atoms. The zero-order chi connectivity index (χ0) is 15.5. The Kier molecular flexibility index (Phi) is 7.22. The molecule has 0 spiro atoms. The Hall–Kier alpha value is -2.68. The van der Waals surface area contributed by atoms with Crippen LogP contribution in [0.15, 0.2) is 24.3 Å². The summed E-state index contributed by atoms with van der Waals surface area (Å²) >= 11 is 0. The number of ether oxygens (including phenoxy) is 1. The summed E-state index contributed by atoms with van der Waals surface area (Å²) in [4.78, 5) is 21.9. The van der Waals surface area contributed by atoms with Crippen molar-refractivity contribution in [3.63, 3.8) is 0 Å². The second-order valence-corrected chi connectivity index (χ2v) is 4.25. The highest BCUT2D eigenvalue weighted by atomic mass is 16.5. The molecule has 0 heterocycles. The van der Waals surface area contributed by atoms with Crippen molar-refractivity contribution in [3.8, 4) is 18.1 Å². The van der Waals surface area contributed by atoms with E-state index in [-0.39, 0.29) is 6.03 Å². The maximum Gasteiger partial charge on any atom is 0.341 e. The lowest BCUT2D eigenvalue weighted by Crippen LogP contribution is -2.29. The fourth-order valence-corrected chi connectivity index (χ4v) is 1.51. The summed E-state index contributed by atoms with van der Waals surface area (Å²) in [6.45, 7) is 0.165. The average molecular weight is 290 g/mol. The van der Waals surface area contributed by atoms with E-state index in [1.54, 1.807) is 24.3 Å². The number of terminal acetylenes is 1. The van der Waals surface area contributed by atoms with Crippen LogP contribution in [0.25, 0.3) is 0 Å². The highest BCUT2D eigenvalue weighted by Crippen LogP contribution is 2.15. The maximum atomic E-state index is 11.6. The third kappa shape index (κ3) is 7.47. The van der Waals surface area contributed by atoms with Gasteiger partial charge in [0.05, 0.1) is 0 Å². The molecule has 0 aliphatic heterocycles. The van der Waals surface area contributed by atoms with Gasteiger partial charge in [0.2, 0.25) is 0 Å². The smallest absolute Gasteiger partial charge is 0.341 e. The van der Waals surface area contributed by atoms with Crippen LogP contribution >= 0.6 is 0 Å². The molecule has 0 aliphatic rings. The van der Waals surface area contributed by atoms with E-state index in [0.29, 0.717) is 24.4 Å². The van der Waals surface area contributed by atoms with E-state index in [4.69, 9.17) is 16.3 Å². The highest BCUT2D eigenvalue weighted by Gasteiger charge is 2.02. The van der Waals surface area contributed by atoms with Crippen molar-refractivity contribution in [2.45, 2.75) is 19.3 Å². The molecule has 1 aromatic rings. The first-order valence-electron chi connectivity index (χ1n) is 6.55. The molecule has 6 nitrogen and oxygen atoms in total. The number of carbonyl (C=O) groups is 2. The number of carboxylic acid groups (broad SMARTS) is 1. The largest absolute Gasteiger partial charge is 0.482 e. The van der Waals surface area contributed by atoms with Gasteiger partial charge in [0.25, 0.3) is 0 Å². The normalized spacial score (nSPS) is 9.48. The van der Waals surface area contributed by atoms with E-state index < -0.39 is 12.6 Å². The molecule has 0 unspecified atom stereocenters. The van der Waals surface area contributed by atoms with Crippen molar-refractivity contribution in [1.82, 2.24) is 5.32 Å². The summed E-state index contributed by atoms with van der Waals surface area (Å²) in [6, 6.07) is 6.15. The predicted octanol–water partition coefficient (Wildman–Crippen LogP) is 2.07. The second kappa shape index (κ2) is 9.26. The van der Waals surface area contributed by atoms with Gasteiger partial charge < -0.3 is 20.5 Å². The molecule has 21 heavy (non-hydrogen) atoms. The number of aliphatic carboxylic acids is 1. The number of carboxylic acids is 1. The zero-order valence-corrected chi connectivity index (χ0v) is 11.6. The van der Waals surface area contributed by atoms with Gasteiger partial charge in [0.15, 0.2) is 6.61 Å². The number of nitrogens with one attached hydrogen (secondary N) is 2. The van der Waals surface area contributed by atoms with Gasteiger partial charge in [0.1, 0.15) is 5.75 Å². The van der Waals surface area contributed by atoms with Crippen molar-refractivity contribution in [3.05, 3.63) is 24.3 Å². The Balaban J connectivity index is 2.29. The van der Waals surface area contributed by atoms with Crippen molar-refractivity contribution in [1.29, 1.82) is 0 Å². The van der Waals surface area contributed by atoms with Crippen molar-refractivity contribution >= 4 is 17.7 Å². The molecule has 0 saturated carbocycles. The number of hydrogen-bond acceptors (Lipinski definition) is 3. The topological polar surface area (TPSA) is 87.7 Å². The first-order valence-corrected chi connectivity index (χ1v) is 6.55. The fraction of sp³-hybridized carbons (Fsp3) is 0.333. The van der Waals surface area contributed by atoms with Crippen LogP contribution in [-0.4, -0.2) is 30.3 Å². The van der Waals surface area contributed by atoms with Crippen molar-refractivity contribution < 1.29 is 19.4 Å². The summed E-state index contributed by atoms with van der Waals surface area (Å²) in [5.41, 5.74) is 0.596. The summed E-state index contributed by atoms with van der Waals surface area (Å²) in [5, 5.41) is 13.9. The van der Waals surface area contributed by atoms with Crippen LogP contribution in [0, 0.1) is 12.3 Å². The lowest BCUT2D eigenvalue weighted by atomic mass is 10.2. The number of urea groups is 1. The predicted molar refractivity (Wildman–Crippen MR) is 79.3 cm³/mol. The Morgan fingerprint density at radius 3 is 2.57 bits per heavy atom. The standard InChI is InChI=1S/C15H18N2O4/c1-2-3-4-5-10-16-15(20)17-12-6-8-13(9-7-12)21-11-14(18)19/h1,6-9H,3-5,10-11H2,(H,18,19)(H2,16,17,20). The lowest BCUT2D eigenvalue weighted by molar-refractivity contribution is -0.139. The SMILES string of the molecule is C#CCCCCNC(=O)Nc1ccc(OCC(=O)O)cc1. The van der Waals surface area contributed by atoms with Gasteiger partial charge in [0, 0.05) is 18.7 Å². The number of carbonyl (C=O) groups excluding carboxylic acids is 1. The van der Waals surface area contributed by atoms with E-state index in [2.05, 4.69) is 16.6 Å². The van der Waals surface area contributed by atoms with Crippen LogP contribution < -0.4 is 15.4 Å². The number of amides is 2. The van der Waals surface area contributed by atoms with Crippen LogP contribution in [0.4, 0.5) is 10.5 Å². The Morgan fingerprint density at radius 2 is 1.95 bits per heavy atom. The molecule has 2 amide bonds. The van der Waals surface area contributed by atoms with E-state index in [1.807, 2.05) is 0 Å². The molecule has 112 valence electrons. The van der Waals surface area contributed by atoms with Crippen molar-refractivity contribution in [2.24, 2.45) is 0 Å². The van der Waals surface area contributed by atoms with Gasteiger partial charge in [-0.3, -0.25) is 0 Å². The Morgan fingerprint density at radius 1 is 1.24 bits per heavy atom. The molecule has 3 N–H and O–H groups in total. The monoisotopic (exact) mass is 290 g/mol. The van der Waals surface area contributed by atoms with Crippen LogP contribution in [-0.2, 0) is 4.79 Å². The van der Waals surface area contributed by atoms with E-state index in [0.717, 1.165) is 12.8 Å². The van der Waals surface area contributed by atoms with Crippen LogP contribution in [0.2, 0.25) is 0 Å². The minimum atomic E-state index is -1.04. The molecule has 6 heteroatoms. The fourth-order valence-electron chi connectivity index (χ4n) is 1.51. The van der Waals surface area contributed by atoms with Gasteiger partial charge in [-0.2, -0.15) is 0 Å². The first kappa shape index (κ1) is 16.4. The number of rotatable bonds is 8. The van der Waals surface area contributed by atoms with Gasteiger partial charge in [-0.05, 0) is 37.1 Å². The maximum absolute atomic E-state index is 11.6. The molecule has 0 atom stereocenters. The lowest BCUT2D eigenvalue weighted by Gasteiger charge is -2.08. The number of unbranched alkanes of at least 4 members (excludes halogenated alkanes) is 2. The number of hydrogen-bond donors (Lipinski definition) is 3. The summed E-state index contributed by atoms with van der Waals surface area (Å²) in [5.74, 6) is 1.93. The Labute approximate surface area is 123 Å². The third-order valence-corrected chi connectivity index (χ3v) is 2.51. The van der Waals surface area contributed by atoms with Gasteiger partial charge in [-0.25, -0.2) is 9.59 Å². The second-order valence-electron chi connectivity index (χ2n) is 4.25. The van der Waals surface area contributed by atoms with Gasteiger partial charge >= 0.3 is 12.0 Å². The van der Waals surface area contributed by atoms with Crippen molar-refractivity contribution in [2.75, 3.05) is 18.5 Å². The van der Waals surface area contributed by atoms with Crippen LogP contribution in [0.3, 0.4) is 0 Å². The molecule has 0 aliphatic carbocycles. The molecule has 0 radical (unpaired) electrons. The summed E-state index contributed by atoms with van der Waals surface area (Å²) in [6.07, 6.45) is 7.55. The molecule has 1 rings (SSSR count). The minimum absolute atomic E-state index is 0.296. The zero-order valence-electron chi connectivity index (χ0n) is 11.6. The van der Waals surface area contributed by atoms with Gasteiger partial charge in [-0.15, -0.1) is 12.3 Å². The van der Waals surface area contributed by atoms with E-state index in [9.17, 15) is 9.59 Å². The molecule has 0 fully saturated rings. The van der Waals surface area contributed by atoms with E-state index in [1.165, 1.54) is 0 Å². The third-order valence-electron chi connectivity index (χ3n) is 2.51. The van der Waals surface area contributed by atoms with Crippen LogP contribution in [0.5, 0.6) is 5.75 Å². The average Bonchev–Trinajstić information content (AvgIpc) is 2.46. The molecular weight excluding hydrogens is 272 g/mol. The first-order chi connectivity index (χ1) is 10.1.